The fourth-order valence-corrected chi connectivity index (χ4v) is 2.34. The first-order valence-corrected chi connectivity index (χ1v) is 6.38. The molecule has 17 heavy (non-hydrogen) atoms. The van der Waals surface area contributed by atoms with Crippen LogP contribution in [-0.4, -0.2) is 28.5 Å². The first-order chi connectivity index (χ1) is 8.08. The predicted octanol–water partition coefficient (Wildman–Crippen LogP) is 1.47. The van der Waals surface area contributed by atoms with E-state index in [1.165, 1.54) is 0 Å². The highest BCUT2D eigenvalue weighted by atomic mass is 32.1. The molecule has 6 heteroatoms. The second-order valence-corrected chi connectivity index (χ2v) is 4.65. The van der Waals surface area contributed by atoms with Gasteiger partial charge in [0.2, 0.25) is 5.91 Å². The summed E-state index contributed by atoms with van der Waals surface area (Å²) in [6.45, 7) is 4.46. The van der Waals surface area contributed by atoms with Gasteiger partial charge in [0.05, 0.1) is 12.1 Å². The van der Waals surface area contributed by atoms with Gasteiger partial charge in [-0.2, -0.15) is 0 Å². The Balaban J connectivity index is 2.72. The number of aryl methyl sites for hydroxylation is 1. The lowest BCUT2D eigenvalue weighted by Gasteiger charge is -2.00. The van der Waals surface area contributed by atoms with Crippen LogP contribution in [0, 0.1) is 0 Å². The van der Waals surface area contributed by atoms with Gasteiger partial charge in [0.1, 0.15) is 9.88 Å². The van der Waals surface area contributed by atoms with Gasteiger partial charge in [0.25, 0.3) is 0 Å². The van der Waals surface area contributed by atoms with E-state index in [9.17, 15) is 9.59 Å². The van der Waals surface area contributed by atoms with Crippen molar-refractivity contribution in [2.45, 2.75) is 33.1 Å². The normalized spacial score (nSPS) is 10.2. The molecule has 0 spiro atoms. The van der Waals surface area contributed by atoms with E-state index >= 15 is 0 Å². The van der Waals surface area contributed by atoms with Gasteiger partial charge in [0, 0.05) is 6.54 Å². The average Bonchev–Trinajstić information content (AvgIpc) is 2.69. The van der Waals surface area contributed by atoms with Crippen LogP contribution in [0.2, 0.25) is 0 Å². The summed E-state index contributed by atoms with van der Waals surface area (Å²) in [5.74, 6) is -1.08. The van der Waals surface area contributed by atoms with Gasteiger partial charge in [0.15, 0.2) is 0 Å². The Morgan fingerprint density at radius 2 is 2.12 bits per heavy atom. The molecule has 0 radical (unpaired) electrons. The highest BCUT2D eigenvalue weighted by Gasteiger charge is 2.17. The van der Waals surface area contributed by atoms with Crippen molar-refractivity contribution in [2.75, 3.05) is 6.54 Å². The summed E-state index contributed by atoms with van der Waals surface area (Å²) in [6, 6.07) is 0. The van der Waals surface area contributed by atoms with E-state index in [1.807, 2.05) is 13.8 Å². The Bertz CT molecular complexity index is 415. The van der Waals surface area contributed by atoms with Crippen LogP contribution in [0.4, 0.5) is 0 Å². The first-order valence-electron chi connectivity index (χ1n) is 5.57. The van der Waals surface area contributed by atoms with Gasteiger partial charge in [-0.1, -0.05) is 13.8 Å². The van der Waals surface area contributed by atoms with Gasteiger partial charge >= 0.3 is 5.97 Å². The van der Waals surface area contributed by atoms with E-state index in [0.717, 1.165) is 17.8 Å². The maximum atomic E-state index is 11.5. The average molecular weight is 256 g/mol. The molecule has 0 atom stereocenters. The molecule has 1 aromatic heterocycles. The van der Waals surface area contributed by atoms with Crippen molar-refractivity contribution in [1.29, 1.82) is 0 Å². The Morgan fingerprint density at radius 1 is 1.41 bits per heavy atom. The van der Waals surface area contributed by atoms with Crippen LogP contribution >= 0.6 is 11.3 Å². The number of nitrogens with zero attached hydrogens (tertiary/aromatic N) is 1. The molecule has 0 saturated carbocycles. The molecule has 2 N–H and O–H groups in total. The Hall–Kier alpha value is -1.43. The molecule has 0 aliphatic heterocycles. The van der Waals surface area contributed by atoms with Crippen LogP contribution < -0.4 is 5.32 Å². The summed E-state index contributed by atoms with van der Waals surface area (Å²) in [7, 11) is 0. The third-order valence-electron chi connectivity index (χ3n) is 2.15. The molecule has 0 aliphatic rings. The molecule has 1 rings (SSSR count). The van der Waals surface area contributed by atoms with E-state index in [-0.39, 0.29) is 17.2 Å². The molecular weight excluding hydrogens is 240 g/mol. The number of rotatable bonds is 6. The second-order valence-electron chi connectivity index (χ2n) is 3.57. The predicted molar refractivity (Wildman–Crippen MR) is 65.5 cm³/mol. The van der Waals surface area contributed by atoms with E-state index in [4.69, 9.17) is 5.11 Å². The van der Waals surface area contributed by atoms with Crippen LogP contribution in [0.15, 0.2) is 0 Å². The van der Waals surface area contributed by atoms with Crippen LogP contribution in [0.3, 0.4) is 0 Å². The molecule has 5 nitrogen and oxygen atoms in total. The molecule has 94 valence electrons. The lowest BCUT2D eigenvalue weighted by molar-refractivity contribution is -0.120. The van der Waals surface area contributed by atoms with E-state index in [1.54, 1.807) is 0 Å². The highest BCUT2D eigenvalue weighted by molar-refractivity contribution is 7.13. The number of aromatic nitrogens is 1. The minimum absolute atomic E-state index is 0.111. The van der Waals surface area contributed by atoms with Gasteiger partial charge < -0.3 is 10.4 Å². The van der Waals surface area contributed by atoms with Crippen molar-refractivity contribution in [2.24, 2.45) is 0 Å². The molecule has 1 amide bonds. The van der Waals surface area contributed by atoms with Gasteiger partial charge in [-0.3, -0.25) is 4.79 Å². The number of carbonyl (C=O) groups excluding carboxylic acids is 1. The molecule has 0 aromatic carbocycles. The number of carbonyl (C=O) groups is 2. The van der Waals surface area contributed by atoms with Gasteiger partial charge in [-0.05, 0) is 12.8 Å². The lowest BCUT2D eigenvalue weighted by Crippen LogP contribution is -2.25. The Kier molecular flexibility index (Phi) is 5.09. The van der Waals surface area contributed by atoms with Crippen LogP contribution in [0.25, 0.3) is 0 Å². The summed E-state index contributed by atoms with van der Waals surface area (Å²) >= 11 is 1.08. The molecule has 1 aromatic rings. The summed E-state index contributed by atoms with van der Waals surface area (Å²) < 4.78 is 0. The van der Waals surface area contributed by atoms with Crippen molar-refractivity contribution in [3.8, 4) is 0 Å². The van der Waals surface area contributed by atoms with Gasteiger partial charge in [-0.25, -0.2) is 9.78 Å². The topological polar surface area (TPSA) is 79.3 Å². The smallest absolute Gasteiger partial charge is 0.347 e. The second kappa shape index (κ2) is 6.34. The number of hydrogen-bond acceptors (Lipinski definition) is 4. The minimum Gasteiger partial charge on any atom is -0.477 e. The van der Waals surface area contributed by atoms with Crippen molar-refractivity contribution < 1.29 is 14.7 Å². The molecular formula is C11H16N2O3S. The summed E-state index contributed by atoms with van der Waals surface area (Å²) in [5, 5.41) is 12.3. The molecule has 0 aliphatic carbocycles. The lowest BCUT2D eigenvalue weighted by atomic mass is 10.3. The third kappa shape index (κ3) is 3.81. The third-order valence-corrected chi connectivity index (χ3v) is 3.24. The molecule has 0 saturated heterocycles. The molecule has 1 heterocycles. The highest BCUT2D eigenvalue weighted by Crippen LogP contribution is 2.19. The summed E-state index contributed by atoms with van der Waals surface area (Å²) in [5.41, 5.74) is 0.556. The number of aromatic carboxylic acids is 1. The van der Waals surface area contributed by atoms with Crippen molar-refractivity contribution in [3.05, 3.63) is 15.6 Å². The maximum Gasteiger partial charge on any atom is 0.347 e. The number of thiazole rings is 1. The standard InChI is InChI=1S/C11H16N2O3S/c1-3-5-12-8(14)6-9-13-7(4-2)10(17-9)11(15)16/h3-6H2,1-2H3,(H,12,14)(H,15,16). The monoisotopic (exact) mass is 256 g/mol. The van der Waals surface area contributed by atoms with Gasteiger partial charge in [-0.15, -0.1) is 11.3 Å². The fraction of sp³-hybridized carbons (Fsp3) is 0.545. The zero-order valence-corrected chi connectivity index (χ0v) is 10.8. The summed E-state index contributed by atoms with van der Waals surface area (Å²) in [4.78, 5) is 26.8. The number of hydrogen-bond donors (Lipinski definition) is 2. The zero-order chi connectivity index (χ0) is 12.8. The van der Waals surface area contributed by atoms with Crippen LogP contribution in [0.5, 0.6) is 0 Å². The molecule has 0 fully saturated rings. The molecule has 0 unspecified atom stereocenters. The number of nitrogens with one attached hydrogen (secondary N) is 1. The van der Waals surface area contributed by atoms with E-state index < -0.39 is 5.97 Å². The minimum atomic E-state index is -0.973. The SMILES string of the molecule is CCCNC(=O)Cc1nc(CC)c(C(=O)O)s1. The zero-order valence-electron chi connectivity index (χ0n) is 9.95. The van der Waals surface area contributed by atoms with Crippen molar-refractivity contribution in [3.63, 3.8) is 0 Å². The summed E-state index contributed by atoms with van der Waals surface area (Å²) in [6.07, 6.45) is 1.60. The number of carboxylic acid groups (broad SMARTS) is 1. The maximum absolute atomic E-state index is 11.5. The largest absolute Gasteiger partial charge is 0.477 e. The fourth-order valence-electron chi connectivity index (χ4n) is 1.35. The van der Waals surface area contributed by atoms with E-state index in [0.29, 0.717) is 23.7 Å². The Labute approximate surface area is 104 Å². The number of carboxylic acids is 1. The van der Waals surface area contributed by atoms with Crippen molar-refractivity contribution >= 4 is 23.2 Å². The quantitative estimate of drug-likeness (QED) is 0.807. The Morgan fingerprint density at radius 3 is 2.59 bits per heavy atom. The van der Waals surface area contributed by atoms with Crippen molar-refractivity contribution in [1.82, 2.24) is 10.3 Å². The number of amides is 1. The van der Waals surface area contributed by atoms with Crippen LogP contribution in [0.1, 0.15) is 40.6 Å². The van der Waals surface area contributed by atoms with Crippen LogP contribution in [-0.2, 0) is 17.6 Å². The van der Waals surface area contributed by atoms with E-state index in [2.05, 4.69) is 10.3 Å². The molecule has 0 bridgehead atoms. The first kappa shape index (κ1) is 13.6.